The van der Waals surface area contributed by atoms with E-state index in [0.29, 0.717) is 12.8 Å². The number of piperidine rings is 1. The van der Waals surface area contributed by atoms with Crippen LogP contribution in [0.25, 0.3) is 0 Å². The molecular weight excluding hydrogens is 174 g/mol. The molecule has 0 aliphatic carbocycles. The first-order chi connectivity index (χ1) is 6.16. The van der Waals surface area contributed by atoms with Crippen molar-refractivity contribution in [3.05, 3.63) is 0 Å². The summed E-state index contributed by atoms with van der Waals surface area (Å²) in [5.74, 6) is 0. The van der Waals surface area contributed by atoms with E-state index in [0.717, 1.165) is 0 Å². The topological polar surface area (TPSA) is 93.0 Å². The van der Waals surface area contributed by atoms with E-state index in [9.17, 15) is 10.2 Å². The second kappa shape index (κ2) is 4.88. The summed E-state index contributed by atoms with van der Waals surface area (Å²) in [6.45, 7) is 0.359. The summed E-state index contributed by atoms with van der Waals surface area (Å²) < 4.78 is 0. The third-order valence-corrected chi connectivity index (χ3v) is 2.42. The first-order valence-corrected chi connectivity index (χ1v) is 4.55. The lowest BCUT2D eigenvalue weighted by Crippen LogP contribution is -2.59. The number of nitrogens with one attached hydrogen (secondary N) is 1. The lowest BCUT2D eigenvalue weighted by Gasteiger charge is -2.36. The van der Waals surface area contributed by atoms with E-state index in [2.05, 4.69) is 5.32 Å². The van der Waals surface area contributed by atoms with Crippen LogP contribution in [0.3, 0.4) is 0 Å². The SMILES string of the molecule is OCCC[C@H]1NC[C@H](O)[C@@H](O)[C@H]1O. The lowest BCUT2D eigenvalue weighted by molar-refractivity contribution is -0.0955. The van der Waals surface area contributed by atoms with Crippen molar-refractivity contribution in [1.29, 1.82) is 0 Å². The van der Waals surface area contributed by atoms with Gasteiger partial charge in [0.25, 0.3) is 0 Å². The molecule has 0 bridgehead atoms. The number of aliphatic hydroxyl groups is 4. The Morgan fingerprint density at radius 1 is 1.15 bits per heavy atom. The summed E-state index contributed by atoms with van der Waals surface area (Å²) in [5.41, 5.74) is 0. The molecule has 0 unspecified atom stereocenters. The van der Waals surface area contributed by atoms with Crippen molar-refractivity contribution in [1.82, 2.24) is 5.32 Å². The van der Waals surface area contributed by atoms with Gasteiger partial charge in [0.05, 0.1) is 12.2 Å². The van der Waals surface area contributed by atoms with Crippen molar-refractivity contribution in [2.45, 2.75) is 37.2 Å². The number of rotatable bonds is 3. The van der Waals surface area contributed by atoms with E-state index >= 15 is 0 Å². The van der Waals surface area contributed by atoms with Crippen LogP contribution in [0.4, 0.5) is 0 Å². The quantitative estimate of drug-likeness (QED) is 0.349. The van der Waals surface area contributed by atoms with Gasteiger partial charge in [0, 0.05) is 19.2 Å². The van der Waals surface area contributed by atoms with Gasteiger partial charge in [0.15, 0.2) is 0 Å². The lowest BCUT2D eigenvalue weighted by atomic mass is 9.93. The fraction of sp³-hybridized carbons (Fsp3) is 1.00. The summed E-state index contributed by atoms with van der Waals surface area (Å²) in [5, 5.41) is 39.5. The molecule has 5 nitrogen and oxygen atoms in total. The Labute approximate surface area is 77.0 Å². The maximum atomic E-state index is 9.48. The highest BCUT2D eigenvalue weighted by Crippen LogP contribution is 2.14. The van der Waals surface area contributed by atoms with Gasteiger partial charge < -0.3 is 25.7 Å². The molecule has 0 spiro atoms. The number of aliphatic hydroxyl groups excluding tert-OH is 4. The van der Waals surface area contributed by atoms with Crippen LogP contribution in [-0.2, 0) is 0 Å². The molecule has 0 aromatic rings. The minimum Gasteiger partial charge on any atom is -0.396 e. The van der Waals surface area contributed by atoms with Gasteiger partial charge in [-0.2, -0.15) is 0 Å². The van der Waals surface area contributed by atoms with E-state index in [1.54, 1.807) is 0 Å². The van der Waals surface area contributed by atoms with Crippen molar-refractivity contribution in [2.24, 2.45) is 0 Å². The van der Waals surface area contributed by atoms with E-state index < -0.39 is 18.3 Å². The first-order valence-electron chi connectivity index (χ1n) is 4.55. The van der Waals surface area contributed by atoms with Crippen molar-refractivity contribution in [2.75, 3.05) is 13.2 Å². The van der Waals surface area contributed by atoms with Crippen LogP contribution in [0.2, 0.25) is 0 Å². The van der Waals surface area contributed by atoms with Gasteiger partial charge in [-0.25, -0.2) is 0 Å². The number of hydrogen-bond acceptors (Lipinski definition) is 5. The normalized spacial score (nSPS) is 40.6. The maximum Gasteiger partial charge on any atom is 0.108 e. The molecule has 78 valence electrons. The Morgan fingerprint density at radius 3 is 2.46 bits per heavy atom. The molecule has 1 aliphatic heterocycles. The summed E-state index contributed by atoms with van der Waals surface area (Å²) in [4.78, 5) is 0. The van der Waals surface area contributed by atoms with Crippen LogP contribution < -0.4 is 5.32 Å². The zero-order valence-corrected chi connectivity index (χ0v) is 7.43. The molecule has 13 heavy (non-hydrogen) atoms. The van der Waals surface area contributed by atoms with Gasteiger partial charge >= 0.3 is 0 Å². The Balaban J connectivity index is 2.39. The van der Waals surface area contributed by atoms with Crippen LogP contribution in [0.15, 0.2) is 0 Å². The smallest absolute Gasteiger partial charge is 0.108 e. The number of hydrogen-bond donors (Lipinski definition) is 5. The van der Waals surface area contributed by atoms with E-state index in [4.69, 9.17) is 10.2 Å². The van der Waals surface area contributed by atoms with Crippen LogP contribution in [0.1, 0.15) is 12.8 Å². The molecular formula is C8H17NO4. The van der Waals surface area contributed by atoms with Gasteiger partial charge in [-0.1, -0.05) is 0 Å². The van der Waals surface area contributed by atoms with E-state index in [1.165, 1.54) is 0 Å². The van der Waals surface area contributed by atoms with Crippen LogP contribution >= 0.6 is 0 Å². The van der Waals surface area contributed by atoms with Gasteiger partial charge in [0.2, 0.25) is 0 Å². The average molecular weight is 191 g/mol. The zero-order valence-electron chi connectivity index (χ0n) is 7.43. The summed E-state index contributed by atoms with van der Waals surface area (Å²) in [6, 6.07) is -0.231. The van der Waals surface area contributed by atoms with Gasteiger partial charge in [0.1, 0.15) is 6.10 Å². The molecule has 1 rings (SSSR count). The molecule has 1 heterocycles. The third kappa shape index (κ3) is 2.62. The Kier molecular flexibility index (Phi) is 4.08. The highest BCUT2D eigenvalue weighted by atomic mass is 16.4. The van der Waals surface area contributed by atoms with Gasteiger partial charge in [-0.15, -0.1) is 0 Å². The number of β-amino-alcohol motifs (C(OH)–C–C–N with tert-alkyl or cyclic N) is 1. The minimum absolute atomic E-state index is 0.0730. The molecule has 5 N–H and O–H groups in total. The molecule has 0 amide bonds. The Bertz CT molecular complexity index is 153. The van der Waals surface area contributed by atoms with Crippen LogP contribution in [-0.4, -0.2) is 57.9 Å². The maximum absolute atomic E-state index is 9.48. The van der Waals surface area contributed by atoms with Crippen molar-refractivity contribution < 1.29 is 20.4 Å². The highest BCUT2D eigenvalue weighted by molar-refractivity contribution is 4.91. The molecule has 0 aromatic carbocycles. The predicted molar refractivity (Wildman–Crippen MR) is 46.1 cm³/mol. The largest absolute Gasteiger partial charge is 0.396 e. The van der Waals surface area contributed by atoms with Crippen molar-refractivity contribution >= 4 is 0 Å². The second-order valence-electron chi connectivity index (χ2n) is 3.43. The molecule has 0 radical (unpaired) electrons. The predicted octanol–water partition coefficient (Wildman–Crippen LogP) is -2.19. The van der Waals surface area contributed by atoms with Gasteiger partial charge in [-0.3, -0.25) is 0 Å². The molecule has 1 aliphatic rings. The Hall–Kier alpha value is -0.200. The molecule has 5 heteroatoms. The summed E-state index contributed by atoms with van der Waals surface area (Å²) >= 11 is 0. The van der Waals surface area contributed by atoms with Crippen molar-refractivity contribution in [3.8, 4) is 0 Å². The van der Waals surface area contributed by atoms with E-state index in [1.807, 2.05) is 0 Å². The zero-order chi connectivity index (χ0) is 9.84. The first kappa shape index (κ1) is 10.9. The summed E-state index contributed by atoms with van der Waals surface area (Å²) in [7, 11) is 0. The fourth-order valence-corrected chi connectivity index (χ4v) is 1.56. The summed E-state index contributed by atoms with van der Waals surface area (Å²) in [6.07, 6.45) is -1.75. The molecule has 1 fully saturated rings. The van der Waals surface area contributed by atoms with Crippen molar-refractivity contribution in [3.63, 3.8) is 0 Å². The minimum atomic E-state index is -1.08. The molecule has 4 atom stereocenters. The average Bonchev–Trinajstić information content (AvgIpc) is 2.13. The van der Waals surface area contributed by atoms with E-state index in [-0.39, 0.29) is 19.2 Å². The highest BCUT2D eigenvalue weighted by Gasteiger charge is 2.35. The standard InChI is InChI=1S/C8H17NO4/c10-3-1-2-5-7(12)8(13)6(11)4-9-5/h5-13H,1-4H2/t5-,6+,7+,8-/m1/s1. The van der Waals surface area contributed by atoms with Crippen LogP contribution in [0, 0.1) is 0 Å². The van der Waals surface area contributed by atoms with Crippen LogP contribution in [0.5, 0.6) is 0 Å². The molecule has 1 saturated heterocycles. The fourth-order valence-electron chi connectivity index (χ4n) is 1.56. The second-order valence-corrected chi connectivity index (χ2v) is 3.43. The Morgan fingerprint density at radius 2 is 1.85 bits per heavy atom. The third-order valence-electron chi connectivity index (χ3n) is 2.42. The molecule has 0 saturated carbocycles. The van der Waals surface area contributed by atoms with Gasteiger partial charge in [-0.05, 0) is 12.8 Å². The molecule has 0 aromatic heterocycles. The monoisotopic (exact) mass is 191 g/mol.